The van der Waals surface area contributed by atoms with Crippen molar-refractivity contribution in [2.24, 2.45) is 5.10 Å². The summed E-state index contributed by atoms with van der Waals surface area (Å²) in [7, 11) is 0. The van der Waals surface area contributed by atoms with Crippen LogP contribution < -0.4 is 10.5 Å². The predicted molar refractivity (Wildman–Crippen MR) is 81.6 cm³/mol. The molecule has 3 aromatic rings. The Labute approximate surface area is 124 Å². The average Bonchev–Trinajstić information content (AvgIpc) is 2.90. The lowest BCUT2D eigenvalue weighted by Crippen LogP contribution is -2.23. The Bertz CT molecular complexity index is 793. The van der Waals surface area contributed by atoms with Gasteiger partial charge in [0.25, 0.3) is 0 Å². The summed E-state index contributed by atoms with van der Waals surface area (Å²) in [6.07, 6.45) is 1.44. The fraction of sp³-hybridized carbons (Fsp3) is 0. The van der Waals surface area contributed by atoms with Gasteiger partial charge in [0.1, 0.15) is 0 Å². The van der Waals surface area contributed by atoms with Crippen molar-refractivity contribution < 1.29 is 9.90 Å². The largest absolute Gasteiger partial charge is 0.545 e. The lowest BCUT2D eigenvalue weighted by Gasteiger charge is -2.05. The molecule has 21 heavy (non-hydrogen) atoms. The number of carboxylic acid groups (broad SMARTS) is 1. The van der Waals surface area contributed by atoms with Crippen LogP contribution in [0.2, 0.25) is 0 Å². The van der Waals surface area contributed by atoms with Crippen molar-refractivity contribution in [3.8, 4) is 0 Å². The third-order valence-corrected chi connectivity index (χ3v) is 3.78. The maximum atomic E-state index is 11.0. The second-order valence-corrected chi connectivity index (χ2v) is 5.26. The van der Waals surface area contributed by atoms with E-state index in [4.69, 9.17) is 0 Å². The van der Waals surface area contributed by atoms with Crippen molar-refractivity contribution in [3.63, 3.8) is 0 Å². The van der Waals surface area contributed by atoms with E-state index in [2.05, 4.69) is 15.5 Å². The zero-order valence-corrected chi connectivity index (χ0v) is 11.6. The quantitative estimate of drug-likeness (QED) is 0.591. The molecule has 0 saturated heterocycles. The molecule has 0 saturated carbocycles. The lowest BCUT2D eigenvalue weighted by atomic mass is 10.1. The Morgan fingerprint density at radius 3 is 2.76 bits per heavy atom. The number of aromatic nitrogens is 1. The Morgan fingerprint density at radius 1 is 1.19 bits per heavy atom. The first-order valence-electron chi connectivity index (χ1n) is 6.19. The third-order valence-electron chi connectivity index (χ3n) is 2.84. The summed E-state index contributed by atoms with van der Waals surface area (Å²) < 4.78 is 1.06. The number of rotatable bonds is 4. The van der Waals surface area contributed by atoms with Gasteiger partial charge in [0.2, 0.25) is 5.13 Å². The van der Waals surface area contributed by atoms with Crippen molar-refractivity contribution >= 4 is 38.9 Å². The van der Waals surface area contributed by atoms with Crippen molar-refractivity contribution in [1.82, 2.24) is 4.98 Å². The summed E-state index contributed by atoms with van der Waals surface area (Å²) in [5.74, 6) is -1.22. The molecule has 0 amide bonds. The number of anilines is 1. The molecule has 0 bridgehead atoms. The van der Waals surface area contributed by atoms with E-state index in [-0.39, 0.29) is 5.56 Å². The standard InChI is InChI=1S/C15H11N3O2S/c19-14(20)11-6-2-1-5-10(11)9-16-18-15-17-12-7-3-4-8-13(12)21-15/h1-9H,(H,17,18)(H,19,20)/p-1/b16-9-. The molecule has 1 aromatic heterocycles. The number of nitrogens with zero attached hydrogens (tertiary/aromatic N) is 2. The number of nitrogens with one attached hydrogen (secondary N) is 1. The monoisotopic (exact) mass is 296 g/mol. The van der Waals surface area contributed by atoms with Gasteiger partial charge in [-0.25, -0.2) is 4.98 Å². The van der Waals surface area contributed by atoms with Crippen LogP contribution in [0.15, 0.2) is 53.6 Å². The molecule has 0 spiro atoms. The van der Waals surface area contributed by atoms with E-state index >= 15 is 0 Å². The first-order chi connectivity index (χ1) is 10.2. The van der Waals surface area contributed by atoms with Gasteiger partial charge in [-0.05, 0) is 12.1 Å². The molecular formula is C15H10N3O2S-. The zero-order valence-electron chi connectivity index (χ0n) is 10.8. The number of carboxylic acids is 1. The van der Waals surface area contributed by atoms with E-state index in [1.807, 2.05) is 24.3 Å². The Kier molecular flexibility index (Phi) is 3.61. The fourth-order valence-corrected chi connectivity index (χ4v) is 2.69. The zero-order chi connectivity index (χ0) is 14.7. The number of aromatic carboxylic acids is 1. The summed E-state index contributed by atoms with van der Waals surface area (Å²) in [4.78, 5) is 15.3. The van der Waals surface area contributed by atoms with Gasteiger partial charge >= 0.3 is 0 Å². The van der Waals surface area contributed by atoms with Crippen molar-refractivity contribution in [3.05, 3.63) is 59.7 Å². The highest BCUT2D eigenvalue weighted by atomic mass is 32.1. The summed E-state index contributed by atoms with van der Waals surface area (Å²) in [5, 5.41) is 15.7. The van der Waals surface area contributed by atoms with Gasteiger partial charge < -0.3 is 9.90 Å². The van der Waals surface area contributed by atoms with Gasteiger partial charge in [-0.15, -0.1) is 0 Å². The summed E-state index contributed by atoms with van der Waals surface area (Å²) in [6.45, 7) is 0. The molecule has 2 aromatic carbocycles. The summed E-state index contributed by atoms with van der Waals surface area (Å²) in [6, 6.07) is 14.3. The van der Waals surface area contributed by atoms with Gasteiger partial charge in [-0.2, -0.15) is 5.10 Å². The molecular weight excluding hydrogens is 286 g/mol. The van der Waals surface area contributed by atoms with Gasteiger partial charge in [0.15, 0.2) is 0 Å². The second-order valence-electron chi connectivity index (χ2n) is 4.23. The van der Waals surface area contributed by atoms with Gasteiger partial charge in [0, 0.05) is 11.1 Å². The minimum Gasteiger partial charge on any atom is -0.545 e. The van der Waals surface area contributed by atoms with E-state index in [0.29, 0.717) is 10.7 Å². The molecule has 104 valence electrons. The van der Waals surface area contributed by atoms with Gasteiger partial charge in [-0.1, -0.05) is 47.7 Å². The van der Waals surface area contributed by atoms with Crippen LogP contribution in [-0.4, -0.2) is 17.2 Å². The minimum atomic E-state index is -1.22. The Hall–Kier alpha value is -2.73. The average molecular weight is 296 g/mol. The van der Waals surface area contributed by atoms with Crippen LogP contribution in [0.5, 0.6) is 0 Å². The molecule has 0 aliphatic rings. The Balaban J connectivity index is 1.79. The van der Waals surface area contributed by atoms with E-state index in [1.54, 1.807) is 18.2 Å². The molecule has 5 nitrogen and oxygen atoms in total. The highest BCUT2D eigenvalue weighted by Gasteiger charge is 2.02. The maximum Gasteiger partial charge on any atom is 0.204 e. The minimum absolute atomic E-state index is 0.104. The molecule has 3 rings (SSSR count). The predicted octanol–water partition coefficient (Wildman–Crippen LogP) is 2.11. The normalized spacial score (nSPS) is 11.0. The fourth-order valence-electron chi connectivity index (χ4n) is 1.87. The highest BCUT2D eigenvalue weighted by molar-refractivity contribution is 7.22. The first-order valence-corrected chi connectivity index (χ1v) is 7.01. The number of fused-ring (bicyclic) bond motifs is 1. The van der Waals surface area contributed by atoms with E-state index in [0.717, 1.165) is 10.2 Å². The molecule has 0 radical (unpaired) electrons. The number of hydrazone groups is 1. The molecule has 6 heteroatoms. The number of carbonyl (C=O) groups excluding carboxylic acids is 1. The summed E-state index contributed by atoms with van der Waals surface area (Å²) in [5.41, 5.74) is 4.29. The molecule has 0 fully saturated rings. The van der Waals surface area contributed by atoms with Crippen LogP contribution in [0.25, 0.3) is 10.2 Å². The molecule has 0 atom stereocenters. The van der Waals surface area contributed by atoms with E-state index in [9.17, 15) is 9.90 Å². The van der Waals surface area contributed by atoms with Gasteiger partial charge in [-0.3, -0.25) is 5.43 Å². The maximum absolute atomic E-state index is 11.0. The first kappa shape index (κ1) is 13.3. The topological polar surface area (TPSA) is 77.4 Å². The van der Waals surface area contributed by atoms with Crippen LogP contribution in [-0.2, 0) is 0 Å². The number of benzene rings is 2. The molecule has 1 heterocycles. The smallest absolute Gasteiger partial charge is 0.204 e. The molecule has 0 unspecified atom stereocenters. The lowest BCUT2D eigenvalue weighted by molar-refractivity contribution is -0.255. The van der Waals surface area contributed by atoms with Crippen LogP contribution in [0.4, 0.5) is 5.13 Å². The van der Waals surface area contributed by atoms with Crippen LogP contribution >= 0.6 is 11.3 Å². The van der Waals surface area contributed by atoms with Crippen LogP contribution in [0.1, 0.15) is 15.9 Å². The van der Waals surface area contributed by atoms with Crippen molar-refractivity contribution in [2.75, 3.05) is 5.43 Å². The van der Waals surface area contributed by atoms with Crippen molar-refractivity contribution in [1.29, 1.82) is 0 Å². The van der Waals surface area contributed by atoms with E-state index < -0.39 is 5.97 Å². The number of thiazole rings is 1. The SMILES string of the molecule is O=C([O-])c1ccccc1/C=N\Nc1nc2ccccc2s1. The number of para-hydroxylation sites is 1. The number of hydrogen-bond donors (Lipinski definition) is 1. The number of hydrogen-bond acceptors (Lipinski definition) is 6. The van der Waals surface area contributed by atoms with E-state index in [1.165, 1.54) is 23.6 Å². The second kappa shape index (κ2) is 5.72. The highest BCUT2D eigenvalue weighted by Crippen LogP contribution is 2.25. The van der Waals surface area contributed by atoms with Crippen molar-refractivity contribution in [2.45, 2.75) is 0 Å². The summed E-state index contributed by atoms with van der Waals surface area (Å²) >= 11 is 1.48. The molecule has 1 N–H and O–H groups in total. The van der Waals surface area contributed by atoms with Crippen LogP contribution in [0, 0.1) is 0 Å². The third kappa shape index (κ3) is 2.90. The van der Waals surface area contributed by atoms with Crippen LogP contribution in [0.3, 0.4) is 0 Å². The number of carbonyl (C=O) groups is 1. The van der Waals surface area contributed by atoms with Gasteiger partial charge in [0.05, 0.1) is 22.4 Å². The Morgan fingerprint density at radius 2 is 1.95 bits per heavy atom. The molecule has 0 aliphatic heterocycles. The molecule has 0 aliphatic carbocycles.